The van der Waals surface area contributed by atoms with Crippen molar-refractivity contribution in [2.24, 2.45) is 17.8 Å². The van der Waals surface area contributed by atoms with Gasteiger partial charge in [-0.2, -0.15) is 0 Å². The molecule has 0 radical (unpaired) electrons. The monoisotopic (exact) mass is 550 g/mol. The third kappa shape index (κ3) is 6.35. The third-order valence-electron chi connectivity index (χ3n) is 8.76. The number of amides is 2. The first-order valence-corrected chi connectivity index (χ1v) is 14.7. The molecule has 0 bridgehead atoms. The number of piperazine rings is 1. The first-order chi connectivity index (χ1) is 19.4. The maximum absolute atomic E-state index is 13.9. The predicted molar refractivity (Wildman–Crippen MR) is 152 cm³/mol. The minimum Gasteiger partial charge on any atom is -0.383 e. The average molecular weight is 551 g/mol. The van der Waals surface area contributed by atoms with Crippen LogP contribution < -0.4 is 10.2 Å². The van der Waals surface area contributed by atoms with Crippen LogP contribution in [0.5, 0.6) is 0 Å². The second kappa shape index (κ2) is 12.7. The summed E-state index contributed by atoms with van der Waals surface area (Å²) in [4.78, 5) is 46.3. The molecule has 1 aliphatic carbocycles. The topological polar surface area (TPSA) is 91.4 Å². The van der Waals surface area contributed by atoms with E-state index >= 15 is 0 Å². The molecule has 3 aliphatic heterocycles. The van der Waals surface area contributed by atoms with Crippen molar-refractivity contribution >= 4 is 23.3 Å². The maximum Gasteiger partial charge on any atom is 0.251 e. The number of methoxy groups -OCH3 is 1. The van der Waals surface area contributed by atoms with E-state index in [2.05, 4.69) is 27.0 Å². The van der Waals surface area contributed by atoms with Crippen LogP contribution in [-0.2, 0) is 19.1 Å². The fraction of sp³-hybridized carbons (Fsp3) is 0.645. The Bertz CT molecular complexity index is 1130. The number of nitrogens with one attached hydrogen (secondary N) is 1. The zero-order chi connectivity index (χ0) is 28.2. The summed E-state index contributed by atoms with van der Waals surface area (Å²) >= 11 is 0. The summed E-state index contributed by atoms with van der Waals surface area (Å²) in [6, 6.07) is 6.24. The van der Waals surface area contributed by atoms with E-state index in [4.69, 9.17) is 9.47 Å². The summed E-state index contributed by atoms with van der Waals surface area (Å²) in [5, 5.41) is 3.00. The Morgan fingerprint density at radius 2 is 1.85 bits per heavy atom. The molecule has 0 aromatic heterocycles. The summed E-state index contributed by atoms with van der Waals surface area (Å²) in [7, 11) is 1.73. The lowest BCUT2D eigenvalue weighted by Gasteiger charge is -2.36. The molecule has 40 heavy (non-hydrogen) atoms. The standard InChI is InChI=1S/C31H42N4O5/c1-4-21(2)27(31(38)35-19-24(8-7-22-5-6-22)29-28(35)26(36)20-40-29)32-30(37)23-9-11-25(12-10-23)34-15-13-33(14-16-34)17-18-39-3/h9-12,21-22,24,27-29H,4-6,13-20H2,1-3H3,(H,32,37). The van der Waals surface area contributed by atoms with Gasteiger partial charge in [-0.1, -0.05) is 32.1 Å². The fourth-order valence-corrected chi connectivity index (χ4v) is 5.82. The molecular weight excluding hydrogens is 508 g/mol. The molecule has 3 heterocycles. The molecule has 9 heteroatoms. The predicted octanol–water partition coefficient (Wildman–Crippen LogP) is 1.81. The molecule has 1 N–H and O–H groups in total. The highest BCUT2D eigenvalue weighted by atomic mass is 16.5. The Labute approximate surface area is 237 Å². The highest BCUT2D eigenvalue weighted by Gasteiger charge is 2.53. The van der Waals surface area contributed by atoms with Gasteiger partial charge in [0.15, 0.2) is 5.78 Å². The van der Waals surface area contributed by atoms with Crippen LogP contribution in [0.4, 0.5) is 5.69 Å². The van der Waals surface area contributed by atoms with Crippen molar-refractivity contribution in [2.75, 3.05) is 64.5 Å². The van der Waals surface area contributed by atoms with Crippen LogP contribution in [0.15, 0.2) is 24.3 Å². The number of carbonyl (C=O) groups excluding carboxylic acids is 3. The van der Waals surface area contributed by atoms with Gasteiger partial charge in [-0.3, -0.25) is 19.3 Å². The molecule has 4 fully saturated rings. The Balaban J connectivity index is 1.24. The van der Waals surface area contributed by atoms with E-state index in [0.717, 1.165) is 57.9 Å². The van der Waals surface area contributed by atoms with Crippen molar-refractivity contribution in [1.29, 1.82) is 0 Å². The molecule has 1 aromatic rings. The molecule has 1 aromatic carbocycles. The first kappa shape index (κ1) is 28.6. The van der Waals surface area contributed by atoms with Gasteiger partial charge in [0.05, 0.1) is 12.5 Å². The Morgan fingerprint density at radius 1 is 1.12 bits per heavy atom. The number of hydrogen-bond donors (Lipinski definition) is 1. The zero-order valence-electron chi connectivity index (χ0n) is 23.9. The molecular formula is C31H42N4O5. The number of carbonyl (C=O) groups is 3. The van der Waals surface area contributed by atoms with Gasteiger partial charge < -0.3 is 24.6 Å². The summed E-state index contributed by atoms with van der Waals surface area (Å²) in [5.74, 6) is 6.13. The first-order valence-electron chi connectivity index (χ1n) is 14.7. The largest absolute Gasteiger partial charge is 0.383 e. The molecule has 1 saturated carbocycles. The lowest BCUT2D eigenvalue weighted by molar-refractivity contribution is -0.139. The van der Waals surface area contributed by atoms with Crippen molar-refractivity contribution in [3.63, 3.8) is 0 Å². The van der Waals surface area contributed by atoms with Crippen LogP contribution in [-0.4, -0.2) is 105 Å². The van der Waals surface area contributed by atoms with Crippen LogP contribution in [0, 0.1) is 29.6 Å². The smallest absolute Gasteiger partial charge is 0.251 e. The highest BCUT2D eigenvalue weighted by Crippen LogP contribution is 2.34. The zero-order valence-corrected chi connectivity index (χ0v) is 23.9. The Kier molecular flexibility index (Phi) is 9.09. The Hall–Kier alpha value is -2.93. The highest BCUT2D eigenvalue weighted by molar-refractivity contribution is 5.99. The minimum atomic E-state index is -0.735. The summed E-state index contributed by atoms with van der Waals surface area (Å²) in [6.07, 6.45) is 2.56. The molecule has 5 unspecified atom stereocenters. The number of fused-ring (bicyclic) bond motifs is 1. The quantitative estimate of drug-likeness (QED) is 0.469. The van der Waals surface area contributed by atoms with Gasteiger partial charge in [-0.05, 0) is 43.0 Å². The number of likely N-dealkylation sites (tertiary alicyclic amines) is 1. The number of benzene rings is 1. The number of anilines is 1. The molecule has 0 spiro atoms. The van der Waals surface area contributed by atoms with Crippen molar-refractivity contribution in [1.82, 2.24) is 15.1 Å². The van der Waals surface area contributed by atoms with Gasteiger partial charge in [0.1, 0.15) is 24.8 Å². The van der Waals surface area contributed by atoms with E-state index in [1.165, 1.54) is 0 Å². The molecule has 4 aliphatic rings. The van der Waals surface area contributed by atoms with Gasteiger partial charge in [0, 0.05) is 63.5 Å². The van der Waals surface area contributed by atoms with Crippen LogP contribution in [0.25, 0.3) is 0 Å². The van der Waals surface area contributed by atoms with Gasteiger partial charge >= 0.3 is 0 Å². The molecule has 5 rings (SSSR count). The number of ketones is 1. The number of hydrogen-bond acceptors (Lipinski definition) is 7. The average Bonchev–Trinajstić information content (AvgIpc) is 3.63. The maximum atomic E-state index is 13.9. The van der Waals surface area contributed by atoms with E-state index in [1.807, 2.05) is 38.1 Å². The van der Waals surface area contributed by atoms with E-state index in [0.29, 0.717) is 24.4 Å². The van der Waals surface area contributed by atoms with Crippen molar-refractivity contribution in [3.05, 3.63) is 29.8 Å². The van der Waals surface area contributed by atoms with Crippen molar-refractivity contribution in [3.8, 4) is 11.8 Å². The van der Waals surface area contributed by atoms with Gasteiger partial charge in [0.2, 0.25) is 5.91 Å². The number of nitrogens with zero attached hydrogens (tertiary/aromatic N) is 3. The van der Waals surface area contributed by atoms with Crippen LogP contribution in [0.3, 0.4) is 0 Å². The minimum absolute atomic E-state index is 0.00956. The number of rotatable bonds is 9. The van der Waals surface area contributed by atoms with E-state index < -0.39 is 12.1 Å². The van der Waals surface area contributed by atoms with E-state index in [-0.39, 0.29) is 42.1 Å². The molecule has 9 nitrogen and oxygen atoms in total. The SMILES string of the molecule is CCC(C)C(NC(=O)c1ccc(N2CCN(CCOC)CC2)cc1)C(=O)N1CC(C#CC2CC2)C2OCC(=O)C21. The molecule has 3 saturated heterocycles. The summed E-state index contributed by atoms with van der Waals surface area (Å²) in [5.41, 5.74) is 1.59. The summed E-state index contributed by atoms with van der Waals surface area (Å²) < 4.78 is 11.0. The second-order valence-electron chi connectivity index (χ2n) is 11.6. The van der Waals surface area contributed by atoms with Crippen LogP contribution >= 0.6 is 0 Å². The lowest BCUT2D eigenvalue weighted by atomic mass is 9.96. The van der Waals surface area contributed by atoms with Crippen molar-refractivity contribution < 1.29 is 23.9 Å². The Morgan fingerprint density at radius 3 is 2.50 bits per heavy atom. The van der Waals surface area contributed by atoms with Crippen molar-refractivity contribution in [2.45, 2.75) is 51.3 Å². The molecule has 216 valence electrons. The third-order valence-corrected chi connectivity index (χ3v) is 8.76. The molecule has 2 amide bonds. The number of Topliss-reactive ketones (excluding diaryl/α,β-unsaturated/α-hetero) is 1. The second-order valence-corrected chi connectivity index (χ2v) is 11.6. The van der Waals surface area contributed by atoms with Crippen LogP contribution in [0.2, 0.25) is 0 Å². The van der Waals surface area contributed by atoms with E-state index in [9.17, 15) is 14.4 Å². The normalized spacial score (nSPS) is 26.2. The summed E-state index contributed by atoms with van der Waals surface area (Å²) in [6.45, 7) is 9.80. The van der Waals surface area contributed by atoms with Crippen LogP contribution in [0.1, 0.15) is 43.5 Å². The van der Waals surface area contributed by atoms with Gasteiger partial charge in [-0.15, -0.1) is 0 Å². The van der Waals surface area contributed by atoms with Gasteiger partial charge in [-0.25, -0.2) is 0 Å². The number of ether oxygens (including phenoxy) is 2. The van der Waals surface area contributed by atoms with Gasteiger partial charge in [0.25, 0.3) is 5.91 Å². The van der Waals surface area contributed by atoms with E-state index in [1.54, 1.807) is 12.0 Å². The molecule has 5 atom stereocenters. The fourth-order valence-electron chi connectivity index (χ4n) is 5.82. The lowest BCUT2D eigenvalue weighted by Crippen LogP contribution is -2.54.